The minimum absolute atomic E-state index is 0.242. The number of aryl methyl sites for hydroxylation is 1. The van der Waals surface area contributed by atoms with Crippen molar-refractivity contribution in [2.24, 2.45) is 0 Å². The summed E-state index contributed by atoms with van der Waals surface area (Å²) in [4.78, 5) is 22.4. The van der Waals surface area contributed by atoms with Crippen LogP contribution in [0.5, 0.6) is 0 Å². The predicted molar refractivity (Wildman–Crippen MR) is 76.1 cm³/mol. The standard InChI is InChI=1S/C15H15O3P/c1-2-12-8-6-7-11-14(12)19(17,18)15(16)13-9-4-3-5-10-13/h3-11H,2H2,1H3,(H,17,18). The van der Waals surface area contributed by atoms with Crippen LogP contribution in [0.3, 0.4) is 0 Å². The van der Waals surface area contributed by atoms with Crippen molar-refractivity contribution in [3.8, 4) is 0 Å². The fourth-order valence-corrected chi connectivity index (χ4v) is 3.60. The molecule has 0 heterocycles. The molecule has 3 nitrogen and oxygen atoms in total. The summed E-state index contributed by atoms with van der Waals surface area (Å²) in [6.07, 6.45) is 0.614. The molecule has 0 saturated heterocycles. The molecule has 1 unspecified atom stereocenters. The molecule has 0 aliphatic carbocycles. The Hall–Kier alpha value is -1.70. The second-order valence-corrected chi connectivity index (χ2v) is 6.27. The fourth-order valence-electron chi connectivity index (χ4n) is 1.97. The first-order chi connectivity index (χ1) is 9.07. The van der Waals surface area contributed by atoms with Crippen molar-refractivity contribution >= 4 is 18.2 Å². The Morgan fingerprint density at radius 1 is 1.05 bits per heavy atom. The van der Waals surface area contributed by atoms with Gasteiger partial charge in [-0.05, 0) is 18.1 Å². The lowest BCUT2D eigenvalue weighted by Gasteiger charge is -2.14. The van der Waals surface area contributed by atoms with Gasteiger partial charge in [0.15, 0.2) is 0 Å². The summed E-state index contributed by atoms with van der Waals surface area (Å²) in [7, 11) is -4.05. The van der Waals surface area contributed by atoms with Crippen LogP contribution in [0.4, 0.5) is 0 Å². The summed E-state index contributed by atoms with van der Waals surface area (Å²) in [6.45, 7) is 1.89. The zero-order valence-corrected chi connectivity index (χ0v) is 11.5. The molecule has 0 aliphatic heterocycles. The Morgan fingerprint density at radius 2 is 1.63 bits per heavy atom. The first-order valence-corrected chi connectivity index (χ1v) is 7.74. The van der Waals surface area contributed by atoms with E-state index in [9.17, 15) is 14.3 Å². The van der Waals surface area contributed by atoms with Gasteiger partial charge in [-0.3, -0.25) is 9.36 Å². The van der Waals surface area contributed by atoms with E-state index < -0.39 is 12.9 Å². The molecule has 2 aromatic rings. The number of rotatable bonds is 4. The van der Waals surface area contributed by atoms with E-state index in [4.69, 9.17) is 0 Å². The molecule has 0 spiro atoms. The molecule has 0 fully saturated rings. The van der Waals surface area contributed by atoms with Crippen molar-refractivity contribution in [1.29, 1.82) is 0 Å². The van der Waals surface area contributed by atoms with Crippen LogP contribution in [0.1, 0.15) is 22.8 Å². The Bertz CT molecular complexity index is 635. The summed E-state index contributed by atoms with van der Waals surface area (Å²) < 4.78 is 12.5. The SMILES string of the molecule is CCc1ccccc1P(=O)(O)C(=O)c1ccccc1. The van der Waals surface area contributed by atoms with Gasteiger partial charge in [-0.2, -0.15) is 0 Å². The quantitative estimate of drug-likeness (QED) is 0.872. The van der Waals surface area contributed by atoms with Gasteiger partial charge in [-0.25, -0.2) is 0 Å². The minimum atomic E-state index is -4.05. The maximum atomic E-state index is 12.5. The lowest BCUT2D eigenvalue weighted by atomic mass is 10.2. The molecule has 2 rings (SSSR count). The summed E-state index contributed by atoms with van der Waals surface area (Å²) in [5.74, 6) is 0. The Morgan fingerprint density at radius 3 is 2.26 bits per heavy atom. The van der Waals surface area contributed by atoms with E-state index in [1.807, 2.05) is 6.92 Å². The van der Waals surface area contributed by atoms with Gasteiger partial charge in [-0.1, -0.05) is 55.5 Å². The Balaban J connectivity index is 2.48. The van der Waals surface area contributed by atoms with E-state index >= 15 is 0 Å². The van der Waals surface area contributed by atoms with E-state index in [0.29, 0.717) is 6.42 Å². The first kappa shape index (κ1) is 13.7. The number of carbonyl (C=O) groups is 1. The lowest BCUT2D eigenvalue weighted by Crippen LogP contribution is -2.16. The van der Waals surface area contributed by atoms with Crippen molar-refractivity contribution < 1.29 is 14.3 Å². The molecule has 2 aromatic carbocycles. The second-order valence-electron chi connectivity index (χ2n) is 4.23. The average Bonchev–Trinajstić information content (AvgIpc) is 2.47. The highest BCUT2D eigenvalue weighted by Gasteiger charge is 2.33. The van der Waals surface area contributed by atoms with E-state index in [2.05, 4.69) is 0 Å². The van der Waals surface area contributed by atoms with Crippen molar-refractivity contribution in [2.45, 2.75) is 13.3 Å². The third-order valence-electron chi connectivity index (χ3n) is 3.00. The van der Waals surface area contributed by atoms with Gasteiger partial charge in [0.1, 0.15) is 0 Å². The number of hydrogen-bond donors (Lipinski definition) is 1. The first-order valence-electron chi connectivity index (χ1n) is 6.08. The van der Waals surface area contributed by atoms with E-state index in [0.717, 1.165) is 5.56 Å². The topological polar surface area (TPSA) is 54.4 Å². The van der Waals surface area contributed by atoms with Crippen LogP contribution in [0.15, 0.2) is 54.6 Å². The largest absolute Gasteiger partial charge is 0.336 e. The molecular weight excluding hydrogens is 259 g/mol. The van der Waals surface area contributed by atoms with Crippen molar-refractivity contribution in [1.82, 2.24) is 0 Å². The third-order valence-corrected chi connectivity index (χ3v) is 4.89. The molecule has 1 N–H and O–H groups in total. The molecule has 0 bridgehead atoms. The summed E-state index contributed by atoms with van der Waals surface area (Å²) >= 11 is 0. The van der Waals surface area contributed by atoms with Gasteiger partial charge in [-0.15, -0.1) is 0 Å². The van der Waals surface area contributed by atoms with E-state index in [1.54, 1.807) is 54.6 Å². The summed E-state index contributed by atoms with van der Waals surface area (Å²) in [6, 6.07) is 15.0. The third kappa shape index (κ3) is 2.67. The highest BCUT2D eigenvalue weighted by molar-refractivity contribution is 7.82. The smallest absolute Gasteiger partial charge is 0.298 e. The van der Waals surface area contributed by atoms with Gasteiger partial charge >= 0.3 is 0 Å². The van der Waals surface area contributed by atoms with E-state index in [-0.39, 0.29) is 10.9 Å². The number of benzene rings is 2. The number of carbonyl (C=O) groups excluding carboxylic acids is 1. The lowest BCUT2D eigenvalue weighted by molar-refractivity contribution is 0.106. The monoisotopic (exact) mass is 274 g/mol. The van der Waals surface area contributed by atoms with Crippen molar-refractivity contribution in [3.05, 3.63) is 65.7 Å². The van der Waals surface area contributed by atoms with Crippen LogP contribution in [0, 0.1) is 0 Å². The van der Waals surface area contributed by atoms with Crippen LogP contribution < -0.4 is 5.30 Å². The van der Waals surface area contributed by atoms with Gasteiger partial charge < -0.3 is 4.89 Å². The Kier molecular flexibility index (Phi) is 3.98. The van der Waals surface area contributed by atoms with Crippen molar-refractivity contribution in [3.63, 3.8) is 0 Å². The molecule has 4 heteroatoms. The molecule has 0 radical (unpaired) electrons. The maximum absolute atomic E-state index is 12.5. The van der Waals surface area contributed by atoms with Crippen LogP contribution >= 0.6 is 7.37 Å². The van der Waals surface area contributed by atoms with Crippen LogP contribution in [-0.2, 0) is 11.0 Å². The van der Waals surface area contributed by atoms with Gasteiger partial charge in [0.2, 0.25) is 0 Å². The fraction of sp³-hybridized carbons (Fsp3) is 0.133. The molecule has 98 valence electrons. The average molecular weight is 274 g/mol. The van der Waals surface area contributed by atoms with Gasteiger partial charge in [0.25, 0.3) is 12.9 Å². The predicted octanol–water partition coefficient (Wildman–Crippen LogP) is 2.99. The molecule has 1 atom stereocenters. The molecular formula is C15H15O3P. The van der Waals surface area contributed by atoms with E-state index in [1.165, 1.54) is 0 Å². The Labute approximate surface area is 112 Å². The normalized spacial score (nSPS) is 13.8. The second kappa shape index (κ2) is 5.52. The highest BCUT2D eigenvalue weighted by atomic mass is 31.2. The number of hydrogen-bond acceptors (Lipinski definition) is 2. The molecule has 0 saturated carbocycles. The summed E-state index contributed by atoms with van der Waals surface area (Å²) in [5.41, 5.74) is 0.283. The zero-order chi connectivity index (χ0) is 13.9. The summed E-state index contributed by atoms with van der Waals surface area (Å²) in [5, 5.41) is 0.242. The molecule has 19 heavy (non-hydrogen) atoms. The zero-order valence-electron chi connectivity index (χ0n) is 10.6. The van der Waals surface area contributed by atoms with Gasteiger partial charge in [0, 0.05) is 10.9 Å². The van der Waals surface area contributed by atoms with Crippen LogP contribution in [0.25, 0.3) is 0 Å². The maximum Gasteiger partial charge on any atom is 0.298 e. The van der Waals surface area contributed by atoms with Crippen molar-refractivity contribution in [2.75, 3.05) is 0 Å². The molecule has 0 amide bonds. The molecule has 0 aliphatic rings. The van der Waals surface area contributed by atoms with Crippen LogP contribution in [-0.4, -0.2) is 10.4 Å². The molecule has 0 aromatic heterocycles. The van der Waals surface area contributed by atoms with Gasteiger partial charge in [0.05, 0.1) is 0 Å². The van der Waals surface area contributed by atoms with Crippen LogP contribution in [0.2, 0.25) is 0 Å². The minimum Gasteiger partial charge on any atom is -0.336 e. The highest BCUT2D eigenvalue weighted by Crippen LogP contribution is 2.44.